The third kappa shape index (κ3) is 7.02. The molecule has 1 unspecified atom stereocenters. The van der Waals surface area contributed by atoms with E-state index >= 15 is 0 Å². The average Bonchev–Trinajstić information content (AvgIpc) is 2.48. The van der Waals surface area contributed by atoms with E-state index in [9.17, 15) is 4.57 Å². The monoisotopic (exact) mass is 366 g/mol. The molecule has 21 heavy (non-hydrogen) atoms. The summed E-state index contributed by atoms with van der Waals surface area (Å²) in [7, 11) is 3.16. The fourth-order valence-electron chi connectivity index (χ4n) is 1.54. The van der Waals surface area contributed by atoms with E-state index in [2.05, 4.69) is 26.0 Å². The first-order valence-corrected chi connectivity index (χ1v) is 12.4. The van der Waals surface area contributed by atoms with Crippen molar-refractivity contribution >= 4 is 40.3 Å². The number of benzene rings is 1. The van der Waals surface area contributed by atoms with E-state index in [1.165, 1.54) is 35.4 Å². The van der Waals surface area contributed by atoms with E-state index < -0.39 is 5.77 Å². The minimum absolute atomic E-state index is 0.00989. The Hall–Kier alpha value is 0.420. The summed E-state index contributed by atoms with van der Waals surface area (Å²) in [4.78, 5) is 0. The first-order valence-electron chi connectivity index (χ1n) is 6.57. The van der Waals surface area contributed by atoms with Crippen LogP contribution >= 0.6 is 40.3 Å². The Balaban J connectivity index is 2.48. The summed E-state index contributed by atoms with van der Waals surface area (Å²) < 4.78 is 22.7. The van der Waals surface area contributed by atoms with Gasteiger partial charge in [-0.1, -0.05) is 41.7 Å². The average molecular weight is 367 g/mol. The van der Waals surface area contributed by atoms with Crippen molar-refractivity contribution in [3.8, 4) is 0 Å². The molecular weight excluding hydrogens is 343 g/mol. The van der Waals surface area contributed by atoms with Gasteiger partial charge >= 0.3 is 5.77 Å². The van der Waals surface area contributed by atoms with E-state index in [-0.39, 0.29) is 4.75 Å². The molecule has 3 nitrogen and oxygen atoms in total. The summed E-state index contributed by atoms with van der Waals surface area (Å²) in [6.07, 6.45) is 0. The second-order valence-corrected chi connectivity index (χ2v) is 14.3. The van der Waals surface area contributed by atoms with Crippen LogP contribution in [0.5, 0.6) is 0 Å². The molecule has 0 N–H and O–H groups in total. The fourth-order valence-corrected chi connectivity index (χ4v) is 10.4. The summed E-state index contributed by atoms with van der Waals surface area (Å²) in [5.74, 6) is -1.99. The van der Waals surface area contributed by atoms with E-state index in [0.29, 0.717) is 12.4 Å². The molecule has 0 aliphatic rings. The molecule has 1 rings (SSSR count). The molecule has 0 spiro atoms. The third-order valence-corrected chi connectivity index (χ3v) is 12.3. The van der Waals surface area contributed by atoms with Crippen LogP contribution in [0.25, 0.3) is 0 Å². The molecule has 0 heterocycles. The summed E-state index contributed by atoms with van der Waals surface area (Å²) in [5.41, 5.74) is 1.27. The van der Waals surface area contributed by atoms with Gasteiger partial charge in [-0.25, -0.2) is 0 Å². The van der Waals surface area contributed by atoms with Crippen LogP contribution in [0.3, 0.4) is 0 Å². The van der Waals surface area contributed by atoms with Crippen molar-refractivity contribution in [2.75, 3.05) is 31.7 Å². The SMILES string of the molecule is COCCSP(=O)(OC)SCSC(C)(C)c1ccccc1. The van der Waals surface area contributed by atoms with E-state index in [1.807, 2.05) is 18.2 Å². The summed E-state index contributed by atoms with van der Waals surface area (Å²) >= 11 is 4.53. The topological polar surface area (TPSA) is 35.5 Å². The van der Waals surface area contributed by atoms with Crippen LogP contribution in [0.4, 0.5) is 0 Å². The zero-order chi connectivity index (χ0) is 15.8. The minimum Gasteiger partial charge on any atom is -0.384 e. The summed E-state index contributed by atoms with van der Waals surface area (Å²) in [5, 5.41) is 0.729. The highest BCUT2D eigenvalue weighted by atomic mass is 33.1. The van der Waals surface area contributed by atoms with Crippen LogP contribution in [0.15, 0.2) is 30.3 Å². The van der Waals surface area contributed by atoms with Crippen molar-refractivity contribution in [1.82, 2.24) is 0 Å². The van der Waals surface area contributed by atoms with Gasteiger partial charge in [-0.3, -0.25) is 4.57 Å². The summed E-state index contributed by atoms with van der Waals surface area (Å²) in [6.45, 7) is 4.95. The maximum Gasteiger partial charge on any atom is 0.313 e. The van der Waals surface area contributed by atoms with Gasteiger partial charge in [0, 0.05) is 24.7 Å². The Morgan fingerprint density at radius 2 is 1.81 bits per heavy atom. The van der Waals surface area contributed by atoms with Crippen molar-refractivity contribution < 1.29 is 13.8 Å². The lowest BCUT2D eigenvalue weighted by Gasteiger charge is -2.25. The Bertz CT molecular complexity index is 454. The van der Waals surface area contributed by atoms with Gasteiger partial charge < -0.3 is 9.26 Å². The van der Waals surface area contributed by atoms with Gasteiger partial charge in [0.1, 0.15) is 0 Å². The van der Waals surface area contributed by atoms with E-state index in [1.54, 1.807) is 18.9 Å². The standard InChI is InChI=1S/C14H23O3PS3/c1-14(2,13-8-6-5-7-9-13)19-12-21-18(15,17-4)20-11-10-16-3/h5-9H,10-12H2,1-4H3. The van der Waals surface area contributed by atoms with Crippen molar-refractivity contribution in [3.63, 3.8) is 0 Å². The van der Waals surface area contributed by atoms with Gasteiger partial charge in [0.25, 0.3) is 0 Å². The predicted molar refractivity (Wildman–Crippen MR) is 98.5 cm³/mol. The molecule has 1 atom stereocenters. The molecule has 1 aromatic rings. The number of methoxy groups -OCH3 is 1. The smallest absolute Gasteiger partial charge is 0.313 e. The molecule has 0 saturated carbocycles. The largest absolute Gasteiger partial charge is 0.384 e. The molecule has 7 heteroatoms. The van der Waals surface area contributed by atoms with Gasteiger partial charge in [-0.15, -0.1) is 11.8 Å². The Kier molecular flexibility index (Phi) is 8.84. The van der Waals surface area contributed by atoms with Gasteiger partial charge in [-0.2, -0.15) is 0 Å². The first kappa shape index (κ1) is 19.5. The van der Waals surface area contributed by atoms with Crippen LogP contribution in [0, 0.1) is 0 Å². The van der Waals surface area contributed by atoms with Crippen LogP contribution in [-0.2, 0) is 18.6 Å². The lowest BCUT2D eigenvalue weighted by Crippen LogP contribution is -2.11. The highest BCUT2D eigenvalue weighted by Crippen LogP contribution is 2.70. The lowest BCUT2D eigenvalue weighted by molar-refractivity contribution is 0.219. The molecule has 0 aliphatic heterocycles. The minimum atomic E-state index is -2.68. The molecule has 1 aromatic carbocycles. The van der Waals surface area contributed by atoms with E-state index in [4.69, 9.17) is 9.26 Å². The molecule has 0 bridgehead atoms. The Labute approximate surface area is 140 Å². The van der Waals surface area contributed by atoms with Gasteiger partial charge in [0.15, 0.2) is 0 Å². The normalized spacial score (nSPS) is 14.9. The van der Waals surface area contributed by atoms with Crippen LogP contribution in [-0.4, -0.2) is 31.7 Å². The maximum atomic E-state index is 12.5. The molecular formula is C14H23O3PS3. The number of rotatable bonds is 10. The van der Waals surface area contributed by atoms with Crippen molar-refractivity contribution in [3.05, 3.63) is 35.9 Å². The molecule has 0 radical (unpaired) electrons. The second kappa shape index (κ2) is 9.53. The Morgan fingerprint density at radius 1 is 1.14 bits per heavy atom. The van der Waals surface area contributed by atoms with Crippen LogP contribution in [0.2, 0.25) is 0 Å². The van der Waals surface area contributed by atoms with Crippen LogP contribution in [0.1, 0.15) is 19.4 Å². The van der Waals surface area contributed by atoms with E-state index in [0.717, 1.165) is 5.08 Å². The molecule has 120 valence electrons. The number of hydrogen-bond donors (Lipinski definition) is 0. The Morgan fingerprint density at radius 3 is 2.38 bits per heavy atom. The fraction of sp³-hybridized carbons (Fsp3) is 0.571. The second-order valence-electron chi connectivity index (χ2n) is 4.72. The molecule has 0 aromatic heterocycles. The first-order chi connectivity index (χ1) is 9.93. The zero-order valence-electron chi connectivity index (χ0n) is 12.9. The number of thioether (sulfide) groups is 1. The quantitative estimate of drug-likeness (QED) is 0.310. The number of hydrogen-bond acceptors (Lipinski definition) is 6. The predicted octanol–water partition coefficient (Wildman–Crippen LogP) is 5.48. The molecule has 0 aliphatic carbocycles. The highest BCUT2D eigenvalue weighted by Gasteiger charge is 2.26. The summed E-state index contributed by atoms with van der Waals surface area (Å²) in [6, 6.07) is 10.4. The highest BCUT2D eigenvalue weighted by molar-refractivity contribution is 8.89. The molecule has 0 fully saturated rings. The van der Waals surface area contributed by atoms with Crippen molar-refractivity contribution in [2.24, 2.45) is 0 Å². The van der Waals surface area contributed by atoms with Crippen molar-refractivity contribution in [2.45, 2.75) is 18.6 Å². The maximum absolute atomic E-state index is 12.5. The third-order valence-electron chi connectivity index (χ3n) is 2.86. The van der Waals surface area contributed by atoms with Gasteiger partial charge in [0.05, 0.1) is 11.7 Å². The lowest BCUT2D eigenvalue weighted by atomic mass is 10.0. The zero-order valence-corrected chi connectivity index (χ0v) is 16.2. The van der Waals surface area contributed by atoms with Crippen LogP contribution < -0.4 is 0 Å². The molecule has 0 saturated heterocycles. The van der Waals surface area contributed by atoms with Crippen molar-refractivity contribution in [1.29, 1.82) is 0 Å². The van der Waals surface area contributed by atoms with Gasteiger partial charge in [0.2, 0.25) is 0 Å². The number of ether oxygens (including phenoxy) is 1. The molecule has 0 amide bonds. The van der Waals surface area contributed by atoms with Gasteiger partial charge in [-0.05, 0) is 30.8 Å².